The Morgan fingerprint density at radius 1 is 0.758 bits per heavy atom. The molecule has 2 aliphatic carbocycles. The summed E-state index contributed by atoms with van der Waals surface area (Å²) in [5.41, 5.74) is 4.78. The highest BCUT2D eigenvalue weighted by molar-refractivity contribution is 6.24. The van der Waals surface area contributed by atoms with Crippen LogP contribution in [-0.4, -0.2) is 17.0 Å². The highest BCUT2D eigenvalue weighted by Gasteiger charge is 2.64. The fourth-order valence-electron chi connectivity index (χ4n) is 6.10. The van der Waals surface area contributed by atoms with Gasteiger partial charge in [-0.05, 0) is 58.7 Å². The molecule has 6 rings (SSSR count). The molecule has 3 aromatic rings. The zero-order valence-electron chi connectivity index (χ0n) is 17.7. The van der Waals surface area contributed by atoms with Crippen LogP contribution in [0.4, 0.5) is 11.4 Å². The van der Waals surface area contributed by atoms with E-state index in [1.54, 1.807) is 12.1 Å². The molecule has 3 aliphatic rings. The van der Waals surface area contributed by atoms with E-state index < -0.39 is 11.8 Å². The molecule has 2 bridgehead atoms. The Labute approximate surface area is 190 Å². The Kier molecular flexibility index (Phi) is 4.47. The van der Waals surface area contributed by atoms with Crippen LogP contribution in [0.15, 0.2) is 84.9 Å². The van der Waals surface area contributed by atoms with E-state index in [0.29, 0.717) is 5.69 Å². The SMILES string of the molecule is O=C1[C@@H]2[C@H](C(=O)N1c1cccc(N([O-])O)c1)[C@H]1C[C@H]2C(c2ccccc2)=C1c1ccccc1. The number of benzene rings is 3. The molecule has 0 aromatic heterocycles. The van der Waals surface area contributed by atoms with Crippen LogP contribution < -0.4 is 10.1 Å². The molecule has 0 radical (unpaired) electrons. The smallest absolute Gasteiger partial charge is 0.238 e. The fraction of sp³-hybridized carbons (Fsp3) is 0.185. The van der Waals surface area contributed by atoms with Gasteiger partial charge in [0, 0.05) is 0 Å². The van der Waals surface area contributed by atoms with Crippen LogP contribution in [-0.2, 0) is 9.59 Å². The summed E-state index contributed by atoms with van der Waals surface area (Å²) in [4.78, 5) is 28.4. The number of imide groups is 1. The Morgan fingerprint density at radius 2 is 1.27 bits per heavy atom. The largest absolute Gasteiger partial charge is 0.733 e. The van der Waals surface area contributed by atoms with Gasteiger partial charge in [-0.3, -0.25) is 14.8 Å². The second-order valence-electron chi connectivity index (χ2n) is 8.86. The first kappa shape index (κ1) is 19.9. The average molecular weight is 437 g/mol. The highest BCUT2D eigenvalue weighted by Crippen LogP contribution is 2.63. The van der Waals surface area contributed by atoms with Gasteiger partial charge in [-0.15, -0.1) is 0 Å². The third-order valence-corrected chi connectivity index (χ3v) is 7.28. The van der Waals surface area contributed by atoms with Crippen LogP contribution in [0.5, 0.6) is 0 Å². The van der Waals surface area contributed by atoms with Gasteiger partial charge in [0.25, 0.3) is 0 Å². The molecule has 0 spiro atoms. The molecule has 0 unspecified atom stereocenters. The van der Waals surface area contributed by atoms with Gasteiger partial charge in [0.2, 0.25) is 11.8 Å². The van der Waals surface area contributed by atoms with E-state index in [0.717, 1.165) is 28.7 Å². The fourth-order valence-corrected chi connectivity index (χ4v) is 6.10. The average Bonchev–Trinajstić information content (AvgIpc) is 3.49. The molecule has 33 heavy (non-hydrogen) atoms. The van der Waals surface area contributed by atoms with Crippen molar-refractivity contribution in [3.05, 3.63) is 101 Å². The van der Waals surface area contributed by atoms with Crippen molar-refractivity contribution in [3.63, 3.8) is 0 Å². The minimum absolute atomic E-state index is 0.0267. The predicted molar refractivity (Wildman–Crippen MR) is 125 cm³/mol. The first-order valence-corrected chi connectivity index (χ1v) is 11.0. The summed E-state index contributed by atoms with van der Waals surface area (Å²) in [7, 11) is 0. The second kappa shape index (κ2) is 7.40. The lowest BCUT2D eigenvalue weighted by Crippen LogP contribution is -2.33. The molecule has 164 valence electrons. The number of amides is 2. The van der Waals surface area contributed by atoms with E-state index >= 15 is 0 Å². The molecule has 1 saturated heterocycles. The van der Waals surface area contributed by atoms with Crippen LogP contribution in [0.3, 0.4) is 0 Å². The summed E-state index contributed by atoms with van der Waals surface area (Å²) >= 11 is 0. The molecule has 2 fully saturated rings. The highest BCUT2D eigenvalue weighted by atomic mass is 16.8. The van der Waals surface area contributed by atoms with Crippen LogP contribution in [0, 0.1) is 28.9 Å². The number of carbonyl (C=O) groups is 2. The topological polar surface area (TPSA) is 83.9 Å². The molecule has 6 heteroatoms. The zero-order chi connectivity index (χ0) is 22.7. The summed E-state index contributed by atoms with van der Waals surface area (Å²) in [6.45, 7) is 0. The molecule has 6 nitrogen and oxygen atoms in total. The van der Waals surface area contributed by atoms with Crippen molar-refractivity contribution in [3.8, 4) is 0 Å². The first-order chi connectivity index (χ1) is 16.1. The van der Waals surface area contributed by atoms with Crippen molar-refractivity contribution < 1.29 is 14.8 Å². The minimum Gasteiger partial charge on any atom is -0.733 e. The molecule has 3 aromatic carbocycles. The quantitative estimate of drug-likeness (QED) is 0.471. The number of hydrogen-bond acceptors (Lipinski definition) is 5. The third-order valence-electron chi connectivity index (χ3n) is 7.28. The van der Waals surface area contributed by atoms with Crippen LogP contribution in [0.25, 0.3) is 11.1 Å². The Morgan fingerprint density at radius 3 is 1.76 bits per heavy atom. The van der Waals surface area contributed by atoms with Crippen LogP contribution in [0.1, 0.15) is 17.5 Å². The van der Waals surface area contributed by atoms with Gasteiger partial charge in [0.1, 0.15) is 0 Å². The normalized spacial score (nSPS) is 25.7. The Bertz CT molecular complexity index is 1210. The predicted octanol–water partition coefficient (Wildman–Crippen LogP) is 4.75. The van der Waals surface area contributed by atoms with E-state index in [-0.39, 0.29) is 34.6 Å². The maximum atomic E-state index is 13.6. The molecule has 1 N–H and O–H groups in total. The van der Waals surface area contributed by atoms with Gasteiger partial charge in [-0.2, -0.15) is 0 Å². The molecule has 1 aliphatic heterocycles. The summed E-state index contributed by atoms with van der Waals surface area (Å²) in [5, 5.41) is 20.4. The van der Waals surface area contributed by atoms with Crippen molar-refractivity contribution in [2.45, 2.75) is 6.42 Å². The van der Waals surface area contributed by atoms with E-state index in [1.807, 2.05) is 36.4 Å². The van der Waals surface area contributed by atoms with Gasteiger partial charge in [-0.1, -0.05) is 66.7 Å². The summed E-state index contributed by atoms with van der Waals surface area (Å²) in [6.07, 6.45) is 0.778. The van der Waals surface area contributed by atoms with Crippen molar-refractivity contribution in [1.82, 2.24) is 0 Å². The molecule has 4 atom stereocenters. The number of hydrogen-bond donors (Lipinski definition) is 1. The standard InChI is InChI=1S/C27H21N2O4/c30-26-24-20-15-21(25(24)27(31)28(26)18-12-7-13-19(14-18)29(32)33)23(17-10-5-2-6-11-17)22(20)16-8-3-1-4-9-16/h1-14,20-21,24-25,32H,15H2/q-1/t20-,21-,24-,25+/m0/s1. The van der Waals surface area contributed by atoms with Gasteiger partial charge < -0.3 is 10.4 Å². The van der Waals surface area contributed by atoms with Crippen molar-refractivity contribution >= 4 is 34.3 Å². The lowest BCUT2D eigenvalue weighted by molar-refractivity contribution is -0.123. The number of nitrogens with zero attached hydrogens (tertiary/aromatic N) is 2. The molecule has 1 saturated carbocycles. The van der Waals surface area contributed by atoms with Gasteiger partial charge in [0.15, 0.2) is 0 Å². The van der Waals surface area contributed by atoms with Crippen molar-refractivity contribution in [1.29, 1.82) is 0 Å². The van der Waals surface area contributed by atoms with Gasteiger partial charge in [0.05, 0.1) is 23.2 Å². The van der Waals surface area contributed by atoms with Crippen molar-refractivity contribution in [2.24, 2.45) is 23.7 Å². The molecular weight excluding hydrogens is 416 g/mol. The summed E-state index contributed by atoms with van der Waals surface area (Å²) in [5.74, 6) is -1.40. The number of anilines is 2. The monoisotopic (exact) mass is 437 g/mol. The number of carbonyl (C=O) groups excluding carboxylic acids is 2. The lowest BCUT2D eigenvalue weighted by Gasteiger charge is -2.27. The lowest BCUT2D eigenvalue weighted by atomic mass is 9.73. The molecule has 2 amide bonds. The minimum atomic E-state index is -0.425. The Balaban J connectivity index is 1.46. The molecular formula is C27H21N2O4-. The maximum Gasteiger partial charge on any atom is 0.238 e. The van der Waals surface area contributed by atoms with Crippen LogP contribution in [0.2, 0.25) is 0 Å². The number of fused-ring (bicyclic) bond motifs is 5. The summed E-state index contributed by atoms with van der Waals surface area (Å²) in [6, 6.07) is 26.2. The zero-order valence-corrected chi connectivity index (χ0v) is 17.7. The molecule has 1 heterocycles. The van der Waals surface area contributed by atoms with Crippen LogP contribution >= 0.6 is 0 Å². The van der Waals surface area contributed by atoms with E-state index in [9.17, 15) is 20.0 Å². The van der Waals surface area contributed by atoms with Gasteiger partial charge >= 0.3 is 0 Å². The first-order valence-electron chi connectivity index (χ1n) is 11.0. The van der Waals surface area contributed by atoms with E-state index in [1.165, 1.54) is 17.0 Å². The van der Waals surface area contributed by atoms with E-state index in [4.69, 9.17) is 0 Å². The third kappa shape index (κ3) is 2.88. The second-order valence-corrected chi connectivity index (χ2v) is 8.86. The summed E-state index contributed by atoms with van der Waals surface area (Å²) < 4.78 is 0. The van der Waals surface area contributed by atoms with Gasteiger partial charge in [-0.25, -0.2) is 4.90 Å². The Hall–Kier alpha value is -3.74. The van der Waals surface area contributed by atoms with E-state index in [2.05, 4.69) is 24.3 Å². The number of allylic oxidation sites excluding steroid dienone is 2. The maximum absolute atomic E-state index is 13.6. The van der Waals surface area contributed by atoms with Crippen molar-refractivity contribution in [2.75, 3.05) is 10.1 Å². The number of rotatable bonds is 4.